The smallest absolute Gasteiger partial charge is 0.335 e. The van der Waals surface area contributed by atoms with E-state index >= 15 is 0 Å². The van der Waals surface area contributed by atoms with Gasteiger partial charge in [-0.25, -0.2) is 9.59 Å². The second kappa shape index (κ2) is 8.22. The number of anilines is 1. The maximum absolute atomic E-state index is 11.2. The normalized spacial score (nSPS) is 10.8. The van der Waals surface area contributed by atoms with E-state index in [1.54, 1.807) is 36.4 Å². The maximum Gasteiger partial charge on any atom is 0.335 e. The number of aliphatic imine (C=N–C) groups is 1. The largest absolute Gasteiger partial charge is 0.478 e. The van der Waals surface area contributed by atoms with Gasteiger partial charge in [0, 0.05) is 18.2 Å². The Labute approximate surface area is 165 Å². The van der Waals surface area contributed by atoms with Crippen molar-refractivity contribution in [1.82, 2.24) is 0 Å². The molecule has 3 rings (SSSR count). The molecule has 2 aromatic carbocycles. The lowest BCUT2D eigenvalue weighted by Gasteiger charge is -2.03. The highest BCUT2D eigenvalue weighted by molar-refractivity contribution is 5.96. The lowest BCUT2D eigenvalue weighted by Crippen LogP contribution is -2.04. The summed E-state index contributed by atoms with van der Waals surface area (Å²) in [4.78, 5) is 37.8. The first-order valence-corrected chi connectivity index (χ1v) is 8.45. The van der Waals surface area contributed by atoms with Gasteiger partial charge < -0.3 is 19.9 Å². The molecule has 0 saturated heterocycles. The minimum Gasteiger partial charge on any atom is -0.478 e. The topological polar surface area (TPSA) is 129 Å². The molecular formula is C21H16N2O6. The molecule has 1 aromatic heterocycles. The quantitative estimate of drug-likeness (QED) is 0.543. The number of carbonyl (C=O) groups excluding carboxylic acids is 1. The van der Waals surface area contributed by atoms with Gasteiger partial charge >= 0.3 is 11.9 Å². The Morgan fingerprint density at radius 3 is 2.10 bits per heavy atom. The average molecular weight is 392 g/mol. The van der Waals surface area contributed by atoms with Crippen LogP contribution in [0.4, 0.5) is 11.4 Å². The first-order valence-electron chi connectivity index (χ1n) is 8.45. The molecule has 146 valence electrons. The molecule has 0 fully saturated rings. The van der Waals surface area contributed by atoms with Gasteiger partial charge in [0.05, 0.1) is 23.0 Å². The number of benzene rings is 2. The Morgan fingerprint density at radius 2 is 1.55 bits per heavy atom. The third-order valence-electron chi connectivity index (χ3n) is 3.87. The molecule has 0 radical (unpaired) electrons. The van der Waals surface area contributed by atoms with E-state index in [2.05, 4.69) is 10.3 Å². The molecule has 0 saturated carbocycles. The molecule has 0 aliphatic carbocycles. The lowest BCUT2D eigenvalue weighted by atomic mass is 10.0. The Balaban J connectivity index is 1.82. The van der Waals surface area contributed by atoms with Gasteiger partial charge in [-0.05, 0) is 54.6 Å². The highest BCUT2D eigenvalue weighted by atomic mass is 16.4. The van der Waals surface area contributed by atoms with Crippen LogP contribution in [-0.4, -0.2) is 34.3 Å². The molecule has 1 heterocycles. The van der Waals surface area contributed by atoms with Crippen LogP contribution in [0.25, 0.3) is 11.3 Å². The molecule has 29 heavy (non-hydrogen) atoms. The molecule has 8 heteroatoms. The third kappa shape index (κ3) is 4.95. The zero-order valence-electron chi connectivity index (χ0n) is 15.2. The number of carboxylic acid groups (broad SMARTS) is 2. The van der Waals surface area contributed by atoms with Crippen molar-refractivity contribution in [2.45, 2.75) is 6.92 Å². The van der Waals surface area contributed by atoms with Gasteiger partial charge in [-0.2, -0.15) is 0 Å². The monoisotopic (exact) mass is 392 g/mol. The van der Waals surface area contributed by atoms with Gasteiger partial charge in [0.2, 0.25) is 5.91 Å². The van der Waals surface area contributed by atoms with E-state index < -0.39 is 11.9 Å². The summed E-state index contributed by atoms with van der Waals surface area (Å²) in [6.07, 6.45) is 1.48. The predicted octanol–water partition coefficient (Wildman–Crippen LogP) is 4.05. The summed E-state index contributed by atoms with van der Waals surface area (Å²) < 4.78 is 5.65. The van der Waals surface area contributed by atoms with Crippen molar-refractivity contribution >= 4 is 35.4 Å². The van der Waals surface area contributed by atoms with Crippen LogP contribution in [0.2, 0.25) is 0 Å². The van der Waals surface area contributed by atoms with Crippen LogP contribution >= 0.6 is 0 Å². The van der Waals surface area contributed by atoms with Crippen LogP contribution in [0.3, 0.4) is 0 Å². The number of amides is 1. The van der Waals surface area contributed by atoms with E-state index in [1.807, 2.05) is 0 Å². The molecule has 0 atom stereocenters. The molecule has 0 unspecified atom stereocenters. The van der Waals surface area contributed by atoms with Crippen LogP contribution in [0.15, 0.2) is 64.0 Å². The fourth-order valence-electron chi connectivity index (χ4n) is 2.57. The molecule has 0 spiro atoms. The Kier molecular flexibility index (Phi) is 5.54. The fourth-order valence-corrected chi connectivity index (χ4v) is 2.57. The van der Waals surface area contributed by atoms with Crippen molar-refractivity contribution in [3.8, 4) is 11.3 Å². The molecule has 8 nitrogen and oxygen atoms in total. The minimum atomic E-state index is -1.23. The number of furan rings is 1. The second-order valence-corrected chi connectivity index (χ2v) is 6.10. The van der Waals surface area contributed by atoms with E-state index in [4.69, 9.17) is 4.42 Å². The summed E-state index contributed by atoms with van der Waals surface area (Å²) in [7, 11) is 0. The number of carbonyl (C=O) groups is 3. The molecule has 1 amide bonds. The molecule has 3 N–H and O–H groups in total. The van der Waals surface area contributed by atoms with Gasteiger partial charge in [0.25, 0.3) is 0 Å². The predicted molar refractivity (Wildman–Crippen MR) is 106 cm³/mol. The zero-order valence-corrected chi connectivity index (χ0v) is 15.2. The number of aromatic carboxylic acids is 2. The number of nitrogens with one attached hydrogen (secondary N) is 1. The molecule has 3 aromatic rings. The van der Waals surface area contributed by atoms with E-state index in [-0.39, 0.29) is 17.0 Å². The fraction of sp³-hybridized carbons (Fsp3) is 0.0476. The van der Waals surface area contributed by atoms with Crippen molar-refractivity contribution in [3.05, 3.63) is 71.5 Å². The summed E-state index contributed by atoms with van der Waals surface area (Å²) in [6.45, 7) is 1.42. The molecule has 0 bridgehead atoms. The van der Waals surface area contributed by atoms with E-state index in [0.717, 1.165) is 6.07 Å². The van der Waals surface area contributed by atoms with Crippen LogP contribution < -0.4 is 5.32 Å². The molecule has 0 aliphatic rings. The van der Waals surface area contributed by atoms with Crippen molar-refractivity contribution in [3.63, 3.8) is 0 Å². The molecular weight excluding hydrogens is 376 g/mol. The highest BCUT2D eigenvalue weighted by Gasteiger charge is 2.14. The summed E-state index contributed by atoms with van der Waals surface area (Å²) in [5.74, 6) is -1.90. The maximum atomic E-state index is 11.2. The van der Waals surface area contributed by atoms with Crippen LogP contribution in [0, 0.1) is 0 Å². The summed E-state index contributed by atoms with van der Waals surface area (Å²) >= 11 is 0. The first-order chi connectivity index (χ1) is 13.8. The van der Waals surface area contributed by atoms with Crippen molar-refractivity contribution in [2.75, 3.05) is 5.32 Å². The number of carboxylic acids is 2. The van der Waals surface area contributed by atoms with Crippen LogP contribution in [0.5, 0.6) is 0 Å². The van der Waals surface area contributed by atoms with Gasteiger partial charge in [-0.3, -0.25) is 9.79 Å². The van der Waals surface area contributed by atoms with Crippen LogP contribution in [0.1, 0.15) is 33.4 Å². The van der Waals surface area contributed by atoms with Crippen molar-refractivity contribution in [1.29, 1.82) is 0 Å². The van der Waals surface area contributed by atoms with Gasteiger partial charge in [-0.1, -0.05) is 0 Å². The number of nitrogens with zero attached hydrogens (tertiary/aromatic N) is 1. The molecule has 0 aliphatic heterocycles. The average Bonchev–Trinajstić information content (AvgIpc) is 3.15. The number of hydrogen-bond acceptors (Lipinski definition) is 5. The Bertz CT molecular complexity index is 1080. The van der Waals surface area contributed by atoms with Gasteiger partial charge in [0.1, 0.15) is 11.5 Å². The Hall–Kier alpha value is -4.20. The standard InChI is InChI=1S/C21H16N2O6/c1-12(24)23-17-4-2-16(3-5-17)22-11-18-6-7-19(29-18)13-8-14(20(25)26)10-15(9-13)21(27)28/h2-11H,1H3,(H,23,24)(H,25,26)(H,27,28). The highest BCUT2D eigenvalue weighted by Crippen LogP contribution is 2.25. The minimum absolute atomic E-state index is 0.147. The number of hydrogen-bond donors (Lipinski definition) is 3. The second-order valence-electron chi connectivity index (χ2n) is 6.10. The van der Waals surface area contributed by atoms with Crippen molar-refractivity contribution in [2.24, 2.45) is 4.99 Å². The summed E-state index contributed by atoms with van der Waals surface area (Å²) in [5.41, 5.74) is 1.33. The lowest BCUT2D eigenvalue weighted by molar-refractivity contribution is -0.114. The summed E-state index contributed by atoms with van der Waals surface area (Å²) in [5, 5.41) is 21.0. The van der Waals surface area contributed by atoms with Crippen molar-refractivity contribution < 1.29 is 29.0 Å². The van der Waals surface area contributed by atoms with Gasteiger partial charge in [-0.15, -0.1) is 0 Å². The first kappa shape index (κ1) is 19.6. The van der Waals surface area contributed by atoms with E-state index in [1.165, 1.54) is 25.3 Å². The SMILES string of the molecule is CC(=O)Nc1ccc(N=Cc2ccc(-c3cc(C(=O)O)cc(C(=O)O)c3)o2)cc1. The van der Waals surface area contributed by atoms with E-state index in [0.29, 0.717) is 28.5 Å². The third-order valence-corrected chi connectivity index (χ3v) is 3.87. The van der Waals surface area contributed by atoms with E-state index in [9.17, 15) is 24.6 Å². The Morgan fingerprint density at radius 1 is 0.931 bits per heavy atom. The van der Waals surface area contributed by atoms with Crippen LogP contribution in [-0.2, 0) is 4.79 Å². The number of rotatable bonds is 6. The summed E-state index contributed by atoms with van der Waals surface area (Å²) in [6, 6.07) is 13.9. The van der Waals surface area contributed by atoms with Gasteiger partial charge in [0.15, 0.2) is 0 Å². The zero-order chi connectivity index (χ0) is 21.0.